The third kappa shape index (κ3) is 4.18. The van der Waals surface area contributed by atoms with Crippen LogP contribution in [0.25, 0.3) is 0 Å². The zero-order valence-corrected chi connectivity index (χ0v) is 14.7. The first-order chi connectivity index (χ1) is 12.2. The van der Waals surface area contributed by atoms with E-state index in [0.717, 1.165) is 49.7 Å². The number of carbonyl (C=O) groups excluding carboxylic acids is 1. The molecule has 0 aliphatic carbocycles. The SMILES string of the molecule is CCN1CCN(c2ccccc2NC(=O)c2ccc(CN)cc2)CC1. The van der Waals surface area contributed by atoms with Crippen LogP contribution >= 0.6 is 0 Å². The second-order valence-corrected chi connectivity index (χ2v) is 6.29. The van der Waals surface area contributed by atoms with Crippen molar-refractivity contribution in [2.24, 2.45) is 5.73 Å². The molecule has 1 aliphatic rings. The Hall–Kier alpha value is -2.37. The van der Waals surface area contributed by atoms with Crippen LogP contribution in [0.2, 0.25) is 0 Å². The van der Waals surface area contributed by atoms with Crippen molar-refractivity contribution in [2.75, 3.05) is 42.9 Å². The number of amides is 1. The number of nitrogens with one attached hydrogen (secondary N) is 1. The van der Waals surface area contributed by atoms with E-state index in [1.54, 1.807) is 0 Å². The number of nitrogens with zero attached hydrogens (tertiary/aromatic N) is 2. The van der Waals surface area contributed by atoms with Gasteiger partial charge >= 0.3 is 0 Å². The Morgan fingerprint density at radius 2 is 1.72 bits per heavy atom. The summed E-state index contributed by atoms with van der Waals surface area (Å²) in [4.78, 5) is 17.4. The molecule has 0 radical (unpaired) electrons. The van der Waals surface area contributed by atoms with Crippen molar-refractivity contribution < 1.29 is 4.79 Å². The van der Waals surface area contributed by atoms with E-state index in [-0.39, 0.29) is 5.91 Å². The van der Waals surface area contributed by atoms with Gasteiger partial charge in [0, 0.05) is 38.3 Å². The van der Waals surface area contributed by atoms with Gasteiger partial charge in [-0.3, -0.25) is 4.79 Å². The quantitative estimate of drug-likeness (QED) is 0.879. The van der Waals surface area contributed by atoms with Crippen LogP contribution in [-0.2, 0) is 6.54 Å². The van der Waals surface area contributed by atoms with E-state index in [9.17, 15) is 4.79 Å². The minimum Gasteiger partial charge on any atom is -0.367 e. The van der Waals surface area contributed by atoms with E-state index >= 15 is 0 Å². The molecular weight excluding hydrogens is 312 g/mol. The zero-order valence-electron chi connectivity index (χ0n) is 14.7. The fourth-order valence-corrected chi connectivity index (χ4v) is 3.15. The van der Waals surface area contributed by atoms with E-state index in [2.05, 4.69) is 28.1 Å². The van der Waals surface area contributed by atoms with E-state index in [1.165, 1.54) is 0 Å². The predicted octanol–water partition coefficient (Wildman–Crippen LogP) is 2.54. The standard InChI is InChI=1S/C20H26N4O/c1-2-23-11-13-24(14-12-23)19-6-4-3-5-18(19)22-20(25)17-9-7-16(15-21)8-10-17/h3-10H,2,11-15,21H2,1H3,(H,22,25). The lowest BCUT2D eigenvalue weighted by Gasteiger charge is -2.36. The lowest BCUT2D eigenvalue weighted by molar-refractivity contribution is 0.102. The van der Waals surface area contributed by atoms with Crippen LogP contribution < -0.4 is 16.0 Å². The molecule has 0 unspecified atom stereocenters. The third-order valence-electron chi connectivity index (χ3n) is 4.76. The van der Waals surface area contributed by atoms with Crippen LogP contribution in [0.15, 0.2) is 48.5 Å². The molecule has 0 atom stereocenters. The summed E-state index contributed by atoms with van der Waals surface area (Å²) in [5.41, 5.74) is 9.22. The van der Waals surface area contributed by atoms with E-state index < -0.39 is 0 Å². The number of hydrogen-bond donors (Lipinski definition) is 2. The predicted molar refractivity (Wildman–Crippen MR) is 103 cm³/mol. The summed E-state index contributed by atoms with van der Waals surface area (Å²) < 4.78 is 0. The summed E-state index contributed by atoms with van der Waals surface area (Å²) in [6.07, 6.45) is 0. The van der Waals surface area contributed by atoms with E-state index in [0.29, 0.717) is 12.1 Å². The van der Waals surface area contributed by atoms with Gasteiger partial charge in [-0.25, -0.2) is 0 Å². The topological polar surface area (TPSA) is 61.6 Å². The molecule has 0 bridgehead atoms. The lowest BCUT2D eigenvalue weighted by Crippen LogP contribution is -2.46. The van der Waals surface area contributed by atoms with Crippen LogP contribution in [0, 0.1) is 0 Å². The molecule has 0 saturated carbocycles. The van der Waals surface area contributed by atoms with Crippen molar-refractivity contribution in [1.82, 2.24) is 4.90 Å². The number of nitrogens with two attached hydrogens (primary N) is 1. The molecule has 0 aromatic heterocycles. The molecule has 5 heteroatoms. The number of rotatable bonds is 5. The van der Waals surface area contributed by atoms with Gasteiger partial charge in [0.05, 0.1) is 11.4 Å². The molecule has 2 aromatic carbocycles. The second-order valence-electron chi connectivity index (χ2n) is 6.29. The van der Waals surface area contributed by atoms with Crippen molar-refractivity contribution in [2.45, 2.75) is 13.5 Å². The Morgan fingerprint density at radius 3 is 2.36 bits per heavy atom. The highest BCUT2D eigenvalue weighted by molar-refractivity contribution is 6.06. The number of carbonyl (C=O) groups is 1. The number of likely N-dealkylation sites (N-methyl/N-ethyl adjacent to an activating group) is 1. The van der Waals surface area contributed by atoms with Crippen LogP contribution in [-0.4, -0.2) is 43.5 Å². The summed E-state index contributed by atoms with van der Waals surface area (Å²) >= 11 is 0. The monoisotopic (exact) mass is 338 g/mol. The molecule has 2 aromatic rings. The molecule has 25 heavy (non-hydrogen) atoms. The van der Waals surface area contributed by atoms with Gasteiger partial charge in [0.25, 0.3) is 5.91 Å². The maximum atomic E-state index is 12.6. The molecule has 3 rings (SSSR count). The van der Waals surface area contributed by atoms with Gasteiger partial charge in [-0.15, -0.1) is 0 Å². The average molecular weight is 338 g/mol. The summed E-state index contributed by atoms with van der Waals surface area (Å²) in [5.74, 6) is -0.0942. The summed E-state index contributed by atoms with van der Waals surface area (Å²) in [5, 5.41) is 3.06. The molecular formula is C20H26N4O. The number of para-hydroxylation sites is 2. The van der Waals surface area contributed by atoms with Gasteiger partial charge in [0.15, 0.2) is 0 Å². The van der Waals surface area contributed by atoms with Gasteiger partial charge < -0.3 is 20.9 Å². The smallest absolute Gasteiger partial charge is 0.255 e. The van der Waals surface area contributed by atoms with Gasteiger partial charge in [-0.2, -0.15) is 0 Å². The number of benzene rings is 2. The van der Waals surface area contributed by atoms with Crippen LogP contribution in [0.1, 0.15) is 22.8 Å². The highest BCUT2D eigenvalue weighted by Crippen LogP contribution is 2.27. The molecule has 1 aliphatic heterocycles. The normalized spacial score (nSPS) is 15.2. The van der Waals surface area contributed by atoms with Crippen molar-refractivity contribution in [3.8, 4) is 0 Å². The minimum atomic E-state index is -0.0942. The summed E-state index contributed by atoms with van der Waals surface area (Å²) in [7, 11) is 0. The Balaban J connectivity index is 1.73. The molecule has 3 N–H and O–H groups in total. The summed E-state index contributed by atoms with van der Waals surface area (Å²) in [6.45, 7) is 7.83. The van der Waals surface area contributed by atoms with Gasteiger partial charge in [0.2, 0.25) is 0 Å². The van der Waals surface area contributed by atoms with Gasteiger partial charge in [0.1, 0.15) is 0 Å². The number of anilines is 2. The Bertz CT molecular complexity index is 706. The Kier molecular flexibility index (Phi) is 5.68. The zero-order chi connectivity index (χ0) is 17.6. The van der Waals surface area contributed by atoms with Gasteiger partial charge in [-0.1, -0.05) is 31.2 Å². The van der Waals surface area contributed by atoms with Crippen LogP contribution in [0.4, 0.5) is 11.4 Å². The Labute approximate surface area is 149 Å². The maximum Gasteiger partial charge on any atom is 0.255 e. The minimum absolute atomic E-state index is 0.0942. The molecule has 1 saturated heterocycles. The fraction of sp³-hybridized carbons (Fsp3) is 0.350. The molecule has 5 nitrogen and oxygen atoms in total. The third-order valence-corrected chi connectivity index (χ3v) is 4.76. The molecule has 1 fully saturated rings. The highest BCUT2D eigenvalue weighted by Gasteiger charge is 2.19. The fourth-order valence-electron chi connectivity index (χ4n) is 3.15. The first kappa shape index (κ1) is 17.5. The first-order valence-electron chi connectivity index (χ1n) is 8.88. The lowest BCUT2D eigenvalue weighted by atomic mass is 10.1. The Morgan fingerprint density at radius 1 is 1.04 bits per heavy atom. The molecule has 132 valence electrons. The van der Waals surface area contributed by atoms with Crippen LogP contribution in [0.3, 0.4) is 0 Å². The average Bonchev–Trinajstić information content (AvgIpc) is 2.68. The van der Waals surface area contributed by atoms with Crippen molar-refractivity contribution >= 4 is 17.3 Å². The number of piperazine rings is 1. The number of hydrogen-bond acceptors (Lipinski definition) is 4. The van der Waals surface area contributed by atoms with E-state index in [4.69, 9.17) is 5.73 Å². The summed E-state index contributed by atoms with van der Waals surface area (Å²) in [6, 6.07) is 15.4. The largest absolute Gasteiger partial charge is 0.367 e. The maximum absolute atomic E-state index is 12.6. The van der Waals surface area contributed by atoms with Crippen molar-refractivity contribution in [3.05, 3.63) is 59.7 Å². The molecule has 1 amide bonds. The first-order valence-corrected chi connectivity index (χ1v) is 8.88. The van der Waals surface area contributed by atoms with Crippen molar-refractivity contribution in [1.29, 1.82) is 0 Å². The van der Waals surface area contributed by atoms with Crippen molar-refractivity contribution in [3.63, 3.8) is 0 Å². The van der Waals surface area contributed by atoms with Crippen LogP contribution in [0.5, 0.6) is 0 Å². The second kappa shape index (κ2) is 8.14. The molecule has 0 spiro atoms. The van der Waals surface area contributed by atoms with E-state index in [1.807, 2.05) is 42.5 Å². The van der Waals surface area contributed by atoms with Gasteiger partial charge in [-0.05, 0) is 36.4 Å². The highest BCUT2D eigenvalue weighted by atomic mass is 16.1. The molecule has 1 heterocycles.